The van der Waals surface area contributed by atoms with E-state index in [1.165, 1.54) is 18.3 Å². The number of nitrogens with zero attached hydrogens (tertiary/aromatic N) is 2. The Bertz CT molecular complexity index is 1080. The van der Waals surface area contributed by atoms with Gasteiger partial charge in [-0.15, -0.1) is 22.7 Å². The van der Waals surface area contributed by atoms with E-state index in [9.17, 15) is 9.59 Å². The molecule has 1 aromatic carbocycles. The summed E-state index contributed by atoms with van der Waals surface area (Å²) in [5, 5.41) is 9.36. The Morgan fingerprint density at radius 2 is 1.77 bits per heavy atom. The first-order chi connectivity index (χ1) is 12.6. The molecule has 130 valence electrons. The van der Waals surface area contributed by atoms with Crippen LogP contribution in [-0.2, 0) is 4.79 Å². The molecule has 0 atom stereocenters. The second kappa shape index (κ2) is 6.74. The molecule has 4 rings (SSSR count). The quantitative estimate of drug-likeness (QED) is 0.551. The SMILES string of the molecule is CC(=O)Nc1ccc(NC(=O)c2csc3nc(-c4cccs4)cn23)cc1. The molecule has 26 heavy (non-hydrogen) atoms. The van der Waals surface area contributed by atoms with Gasteiger partial charge in [-0.2, -0.15) is 0 Å². The van der Waals surface area contributed by atoms with E-state index in [0.717, 1.165) is 15.5 Å². The zero-order chi connectivity index (χ0) is 18.1. The molecular weight excluding hydrogens is 368 g/mol. The lowest BCUT2D eigenvalue weighted by Gasteiger charge is -2.06. The second-order valence-electron chi connectivity index (χ2n) is 5.59. The van der Waals surface area contributed by atoms with Gasteiger partial charge >= 0.3 is 0 Å². The fourth-order valence-electron chi connectivity index (χ4n) is 2.53. The Morgan fingerprint density at radius 3 is 2.42 bits per heavy atom. The van der Waals surface area contributed by atoms with E-state index in [2.05, 4.69) is 15.6 Å². The van der Waals surface area contributed by atoms with Gasteiger partial charge in [0.15, 0.2) is 4.96 Å². The van der Waals surface area contributed by atoms with Crippen molar-refractivity contribution in [2.75, 3.05) is 10.6 Å². The summed E-state index contributed by atoms with van der Waals surface area (Å²) in [6.45, 7) is 1.45. The number of rotatable bonds is 4. The maximum Gasteiger partial charge on any atom is 0.273 e. The standard InChI is InChI=1S/C18H14N4O2S2/c1-11(23)19-12-4-6-13(7-5-12)20-17(24)15-10-26-18-21-14(9-22(15)18)16-3-2-8-25-16/h2-10H,1H3,(H,19,23)(H,20,24). The summed E-state index contributed by atoms with van der Waals surface area (Å²) in [4.78, 5) is 30.1. The Labute approximate surface area is 157 Å². The summed E-state index contributed by atoms with van der Waals surface area (Å²) in [6, 6.07) is 11.0. The number of thiophene rings is 1. The van der Waals surface area contributed by atoms with Crippen LogP contribution < -0.4 is 10.6 Å². The van der Waals surface area contributed by atoms with Gasteiger partial charge in [0.05, 0.1) is 4.88 Å². The number of anilines is 2. The van der Waals surface area contributed by atoms with Crippen molar-refractivity contribution in [3.05, 3.63) is 59.0 Å². The van der Waals surface area contributed by atoms with Crippen LogP contribution in [0.5, 0.6) is 0 Å². The molecule has 2 amide bonds. The number of thiazole rings is 1. The van der Waals surface area contributed by atoms with Gasteiger partial charge in [0.1, 0.15) is 11.4 Å². The summed E-state index contributed by atoms with van der Waals surface area (Å²) >= 11 is 3.04. The molecule has 0 spiro atoms. The number of hydrogen-bond donors (Lipinski definition) is 2. The van der Waals surface area contributed by atoms with Crippen LogP contribution in [0.2, 0.25) is 0 Å². The molecule has 0 aliphatic heterocycles. The first-order valence-corrected chi connectivity index (χ1v) is 9.55. The first-order valence-electron chi connectivity index (χ1n) is 7.79. The number of carbonyl (C=O) groups is 2. The summed E-state index contributed by atoms with van der Waals surface area (Å²) in [7, 11) is 0. The van der Waals surface area contributed by atoms with Crippen LogP contribution >= 0.6 is 22.7 Å². The maximum atomic E-state index is 12.6. The average Bonchev–Trinajstić information content (AvgIpc) is 3.32. The molecule has 4 aromatic rings. The number of aromatic nitrogens is 2. The number of carbonyl (C=O) groups excluding carboxylic acids is 2. The molecule has 3 aromatic heterocycles. The molecule has 3 heterocycles. The Hall–Kier alpha value is -2.97. The molecule has 0 fully saturated rings. The molecule has 8 heteroatoms. The van der Waals surface area contributed by atoms with E-state index in [0.29, 0.717) is 17.1 Å². The average molecular weight is 382 g/mol. The molecule has 6 nitrogen and oxygen atoms in total. The van der Waals surface area contributed by atoms with Crippen LogP contribution in [0.15, 0.2) is 53.4 Å². The fourth-order valence-corrected chi connectivity index (χ4v) is 4.06. The molecule has 0 unspecified atom stereocenters. The number of nitrogens with one attached hydrogen (secondary N) is 2. The van der Waals surface area contributed by atoms with E-state index in [4.69, 9.17) is 0 Å². The van der Waals surface area contributed by atoms with E-state index in [1.807, 2.05) is 23.7 Å². The zero-order valence-electron chi connectivity index (χ0n) is 13.7. The van der Waals surface area contributed by atoms with E-state index < -0.39 is 0 Å². The summed E-state index contributed by atoms with van der Waals surface area (Å²) in [5.74, 6) is -0.345. The topological polar surface area (TPSA) is 75.5 Å². The van der Waals surface area contributed by atoms with Crippen LogP contribution in [0, 0.1) is 0 Å². The van der Waals surface area contributed by atoms with E-state index >= 15 is 0 Å². The maximum absolute atomic E-state index is 12.6. The van der Waals surface area contributed by atoms with Crippen molar-refractivity contribution < 1.29 is 9.59 Å². The molecule has 0 saturated carbocycles. The van der Waals surface area contributed by atoms with Gasteiger partial charge in [0.2, 0.25) is 5.91 Å². The lowest BCUT2D eigenvalue weighted by molar-refractivity contribution is -0.114. The molecule has 0 aliphatic carbocycles. The van der Waals surface area contributed by atoms with Crippen molar-refractivity contribution in [1.29, 1.82) is 0 Å². The predicted molar refractivity (Wildman–Crippen MR) is 105 cm³/mol. The highest BCUT2D eigenvalue weighted by atomic mass is 32.1. The second-order valence-corrected chi connectivity index (χ2v) is 7.37. The van der Waals surface area contributed by atoms with Crippen molar-refractivity contribution >= 4 is 50.8 Å². The number of benzene rings is 1. The minimum Gasteiger partial charge on any atom is -0.326 e. The number of amides is 2. The highest BCUT2D eigenvalue weighted by molar-refractivity contribution is 7.15. The fraction of sp³-hybridized carbons (Fsp3) is 0.0556. The summed E-state index contributed by atoms with van der Waals surface area (Å²) in [5.41, 5.74) is 2.73. The summed E-state index contributed by atoms with van der Waals surface area (Å²) in [6.07, 6.45) is 1.88. The lowest BCUT2D eigenvalue weighted by atomic mass is 10.2. The Morgan fingerprint density at radius 1 is 1.04 bits per heavy atom. The molecule has 0 aliphatic rings. The van der Waals surface area contributed by atoms with Gasteiger partial charge in [0, 0.05) is 29.9 Å². The van der Waals surface area contributed by atoms with Crippen molar-refractivity contribution in [1.82, 2.24) is 9.38 Å². The largest absolute Gasteiger partial charge is 0.326 e. The lowest BCUT2D eigenvalue weighted by Crippen LogP contribution is -2.14. The minimum atomic E-state index is -0.210. The van der Waals surface area contributed by atoms with Crippen molar-refractivity contribution in [2.24, 2.45) is 0 Å². The van der Waals surface area contributed by atoms with Gasteiger partial charge in [-0.1, -0.05) is 6.07 Å². The molecule has 0 saturated heterocycles. The number of imidazole rings is 1. The molecule has 0 bridgehead atoms. The third-order valence-electron chi connectivity index (χ3n) is 3.68. The monoisotopic (exact) mass is 382 g/mol. The van der Waals surface area contributed by atoms with E-state index in [1.54, 1.807) is 45.4 Å². The highest BCUT2D eigenvalue weighted by Crippen LogP contribution is 2.27. The third-order valence-corrected chi connectivity index (χ3v) is 5.41. The first kappa shape index (κ1) is 16.5. The smallest absolute Gasteiger partial charge is 0.273 e. The van der Waals surface area contributed by atoms with Crippen LogP contribution in [-0.4, -0.2) is 21.2 Å². The number of fused-ring (bicyclic) bond motifs is 1. The van der Waals surface area contributed by atoms with Gasteiger partial charge in [-0.3, -0.25) is 14.0 Å². The third kappa shape index (κ3) is 3.24. The highest BCUT2D eigenvalue weighted by Gasteiger charge is 2.15. The predicted octanol–water partition coefficient (Wildman–Crippen LogP) is 4.34. The molecule has 0 radical (unpaired) electrons. The Balaban J connectivity index is 1.55. The van der Waals surface area contributed by atoms with Crippen molar-refractivity contribution in [3.63, 3.8) is 0 Å². The van der Waals surface area contributed by atoms with Gasteiger partial charge in [-0.05, 0) is 35.7 Å². The van der Waals surface area contributed by atoms with Gasteiger partial charge in [-0.25, -0.2) is 4.98 Å². The minimum absolute atomic E-state index is 0.135. The van der Waals surface area contributed by atoms with Crippen molar-refractivity contribution in [2.45, 2.75) is 6.92 Å². The molecule has 2 N–H and O–H groups in total. The number of hydrogen-bond acceptors (Lipinski definition) is 5. The Kier molecular flexibility index (Phi) is 4.27. The normalized spacial score (nSPS) is 10.8. The van der Waals surface area contributed by atoms with Crippen LogP contribution in [0.4, 0.5) is 11.4 Å². The van der Waals surface area contributed by atoms with Crippen LogP contribution in [0.25, 0.3) is 15.5 Å². The summed E-state index contributed by atoms with van der Waals surface area (Å²) < 4.78 is 1.81. The zero-order valence-corrected chi connectivity index (χ0v) is 15.4. The van der Waals surface area contributed by atoms with E-state index in [-0.39, 0.29) is 11.8 Å². The van der Waals surface area contributed by atoms with Gasteiger partial charge < -0.3 is 10.6 Å². The van der Waals surface area contributed by atoms with Gasteiger partial charge in [0.25, 0.3) is 5.91 Å². The van der Waals surface area contributed by atoms with Crippen LogP contribution in [0.1, 0.15) is 17.4 Å². The molecular formula is C18H14N4O2S2. The van der Waals surface area contributed by atoms with Crippen LogP contribution in [0.3, 0.4) is 0 Å². The van der Waals surface area contributed by atoms with Crippen molar-refractivity contribution in [3.8, 4) is 10.6 Å².